The summed E-state index contributed by atoms with van der Waals surface area (Å²) in [5.41, 5.74) is 3.17. The lowest BCUT2D eigenvalue weighted by molar-refractivity contribution is 0.0513. The molecule has 0 aliphatic heterocycles. The molecule has 0 saturated heterocycles. The first-order chi connectivity index (χ1) is 18.3. The summed E-state index contributed by atoms with van der Waals surface area (Å²) >= 11 is 0. The highest BCUT2D eigenvalue weighted by Gasteiger charge is 2.28. The topological polar surface area (TPSA) is 85.8 Å². The van der Waals surface area contributed by atoms with Crippen LogP contribution in [0.15, 0.2) is 53.7 Å². The maximum Gasteiger partial charge on any atom is 0.356 e. The molecule has 0 atom stereocenters. The predicted octanol–water partition coefficient (Wildman–Crippen LogP) is 6.59. The molecular formula is C32H44BrN3O4. The zero-order valence-corrected chi connectivity index (χ0v) is 26.8. The molecule has 3 aromatic rings. The van der Waals surface area contributed by atoms with Gasteiger partial charge in [-0.15, -0.1) is 17.0 Å². The number of Topliss-reactive ketones (excluding diaryl/α,β-unsaturated/α-hetero) is 1. The molecule has 0 saturated carbocycles. The third-order valence-corrected chi connectivity index (χ3v) is 6.57. The summed E-state index contributed by atoms with van der Waals surface area (Å²) in [6, 6.07) is 13.4. The second kappa shape index (κ2) is 13.5. The third kappa shape index (κ3) is 7.74. The second-order valence-corrected chi connectivity index (χ2v) is 12.0. The average Bonchev–Trinajstić information content (AvgIpc) is 3.18. The van der Waals surface area contributed by atoms with Crippen LogP contribution in [-0.4, -0.2) is 39.1 Å². The van der Waals surface area contributed by atoms with Crippen LogP contribution in [0.3, 0.4) is 0 Å². The van der Waals surface area contributed by atoms with Crippen molar-refractivity contribution >= 4 is 28.7 Å². The Balaban J connectivity index is 0.00000560. The van der Waals surface area contributed by atoms with Crippen LogP contribution in [-0.2, 0) is 28.7 Å². The second-order valence-electron chi connectivity index (χ2n) is 12.0. The van der Waals surface area contributed by atoms with Crippen LogP contribution in [0.5, 0.6) is 5.75 Å². The van der Waals surface area contributed by atoms with Gasteiger partial charge >= 0.3 is 5.97 Å². The molecule has 7 nitrogen and oxygen atoms in total. The van der Waals surface area contributed by atoms with E-state index >= 15 is 0 Å². The SMILES string of the molecule is Br.CCCN=c1n(CC(=O)c2cc(C(C)(C)C)c(O)c(C(C)(C)C)c2)cc(C(=O)OCC)n1Cc1ccccc1. The number of aromatic hydroxyl groups is 1. The lowest BCUT2D eigenvalue weighted by Crippen LogP contribution is -2.30. The van der Waals surface area contributed by atoms with E-state index in [9.17, 15) is 14.7 Å². The van der Waals surface area contributed by atoms with Crippen molar-refractivity contribution in [1.82, 2.24) is 9.13 Å². The van der Waals surface area contributed by atoms with Crippen molar-refractivity contribution in [2.75, 3.05) is 13.2 Å². The molecule has 0 fully saturated rings. The molecule has 1 aromatic heterocycles. The van der Waals surface area contributed by atoms with Crippen LogP contribution >= 0.6 is 17.0 Å². The highest BCUT2D eigenvalue weighted by molar-refractivity contribution is 8.93. The summed E-state index contributed by atoms with van der Waals surface area (Å²) in [5.74, 6) is -0.352. The molecule has 2 aromatic carbocycles. The number of ketones is 1. The van der Waals surface area contributed by atoms with Crippen LogP contribution in [0.25, 0.3) is 0 Å². The van der Waals surface area contributed by atoms with Gasteiger partial charge in [0.05, 0.1) is 19.7 Å². The number of halogens is 1. The van der Waals surface area contributed by atoms with E-state index in [1.807, 2.05) is 83.4 Å². The highest BCUT2D eigenvalue weighted by atomic mass is 79.9. The van der Waals surface area contributed by atoms with Gasteiger partial charge in [-0.25, -0.2) is 4.79 Å². The number of phenols is 1. The molecule has 0 bridgehead atoms. The van der Waals surface area contributed by atoms with Gasteiger partial charge in [-0.3, -0.25) is 9.79 Å². The summed E-state index contributed by atoms with van der Waals surface area (Å²) in [4.78, 5) is 31.6. The van der Waals surface area contributed by atoms with E-state index in [0.717, 1.165) is 23.1 Å². The minimum absolute atomic E-state index is 0. The average molecular weight is 615 g/mol. The van der Waals surface area contributed by atoms with Crippen LogP contribution in [0, 0.1) is 0 Å². The molecule has 1 heterocycles. The molecule has 0 spiro atoms. The van der Waals surface area contributed by atoms with Crippen LogP contribution < -0.4 is 5.62 Å². The number of hydrogen-bond donors (Lipinski definition) is 1. The predicted molar refractivity (Wildman–Crippen MR) is 165 cm³/mol. The Bertz CT molecular complexity index is 1360. The molecule has 0 aliphatic rings. The van der Waals surface area contributed by atoms with Crippen molar-refractivity contribution in [3.63, 3.8) is 0 Å². The first-order valence-corrected chi connectivity index (χ1v) is 13.7. The lowest BCUT2D eigenvalue weighted by atomic mass is 9.78. The van der Waals surface area contributed by atoms with Crippen LogP contribution in [0.1, 0.15) is 99.3 Å². The monoisotopic (exact) mass is 613 g/mol. The number of phenolic OH excluding ortho intramolecular Hbond substituents is 1. The molecule has 1 N–H and O–H groups in total. The number of aromatic nitrogens is 2. The Morgan fingerprint density at radius 2 is 1.52 bits per heavy atom. The van der Waals surface area contributed by atoms with E-state index in [4.69, 9.17) is 9.73 Å². The van der Waals surface area contributed by atoms with Gasteiger partial charge in [0.15, 0.2) is 5.78 Å². The zero-order valence-electron chi connectivity index (χ0n) is 25.1. The van der Waals surface area contributed by atoms with E-state index in [1.54, 1.807) is 29.8 Å². The van der Waals surface area contributed by atoms with Gasteiger partial charge in [0, 0.05) is 29.4 Å². The minimum atomic E-state index is -0.456. The van der Waals surface area contributed by atoms with Gasteiger partial charge < -0.3 is 19.0 Å². The summed E-state index contributed by atoms with van der Waals surface area (Å²) in [6.45, 7) is 17.1. The first kappa shape index (κ1) is 33.1. The molecule has 0 aliphatic carbocycles. The van der Waals surface area contributed by atoms with Crippen molar-refractivity contribution < 1.29 is 19.4 Å². The third-order valence-electron chi connectivity index (χ3n) is 6.57. The summed E-state index contributed by atoms with van der Waals surface area (Å²) in [7, 11) is 0. The Labute approximate surface area is 248 Å². The quantitative estimate of drug-likeness (QED) is 0.218. The van der Waals surface area contributed by atoms with Crippen molar-refractivity contribution in [3.05, 3.63) is 82.2 Å². The number of hydrogen-bond acceptors (Lipinski definition) is 5. The molecule has 3 rings (SSSR count). The molecule has 8 heteroatoms. The highest BCUT2D eigenvalue weighted by Crippen LogP contribution is 2.39. The van der Waals surface area contributed by atoms with E-state index < -0.39 is 5.97 Å². The summed E-state index contributed by atoms with van der Waals surface area (Å²) < 4.78 is 8.93. The number of rotatable bonds is 9. The van der Waals surface area contributed by atoms with E-state index in [1.165, 1.54) is 0 Å². The fraction of sp³-hybridized carbons (Fsp3) is 0.469. The number of imidazole rings is 1. The fourth-order valence-electron chi connectivity index (χ4n) is 4.52. The van der Waals surface area contributed by atoms with E-state index in [2.05, 4.69) is 0 Å². The van der Waals surface area contributed by atoms with Crippen molar-refractivity contribution in [3.8, 4) is 5.75 Å². The molecular weight excluding hydrogens is 570 g/mol. The number of esters is 1. The summed E-state index contributed by atoms with van der Waals surface area (Å²) in [6.07, 6.45) is 2.49. The fourth-order valence-corrected chi connectivity index (χ4v) is 4.52. The Morgan fingerprint density at radius 1 is 0.950 bits per heavy atom. The van der Waals surface area contributed by atoms with E-state index in [0.29, 0.717) is 30.0 Å². The molecule has 0 amide bonds. The minimum Gasteiger partial charge on any atom is -0.507 e. The normalized spacial score (nSPS) is 12.2. The number of benzene rings is 2. The number of ether oxygens (including phenoxy) is 1. The Hall–Kier alpha value is -3.13. The van der Waals surface area contributed by atoms with Gasteiger partial charge in [0.25, 0.3) is 0 Å². The van der Waals surface area contributed by atoms with Gasteiger partial charge in [-0.1, -0.05) is 78.8 Å². The lowest BCUT2D eigenvalue weighted by Gasteiger charge is -2.28. The maximum atomic E-state index is 13.8. The Morgan fingerprint density at radius 3 is 2.02 bits per heavy atom. The molecule has 0 unspecified atom stereocenters. The number of nitrogens with zero attached hydrogens (tertiary/aromatic N) is 3. The van der Waals surface area contributed by atoms with E-state index in [-0.39, 0.29) is 52.5 Å². The molecule has 40 heavy (non-hydrogen) atoms. The maximum absolute atomic E-state index is 13.8. The number of carbonyl (C=O) groups excluding carboxylic acids is 2. The number of carbonyl (C=O) groups is 2. The molecule has 0 radical (unpaired) electrons. The Kier molecular flexibility index (Phi) is 11.2. The van der Waals surface area contributed by atoms with Crippen LogP contribution in [0.4, 0.5) is 0 Å². The standard InChI is InChI=1S/C32H43N3O4.BrH/c1-9-16-33-30-34(20-26(29(38)39-10-2)35(30)19-22-14-12-11-13-15-22)21-27(36)23-17-24(31(3,4)5)28(37)25(18-23)32(6,7)8;/h11-15,17-18,20,37H,9-10,16,19,21H2,1-8H3;1H. The van der Waals surface area contributed by atoms with Crippen molar-refractivity contribution in [2.24, 2.45) is 4.99 Å². The molecule has 218 valence electrons. The van der Waals surface area contributed by atoms with Gasteiger partial charge in [-0.05, 0) is 41.9 Å². The van der Waals surface area contributed by atoms with Crippen molar-refractivity contribution in [2.45, 2.75) is 85.7 Å². The first-order valence-electron chi connectivity index (χ1n) is 13.7. The van der Waals surface area contributed by atoms with Crippen LogP contribution in [0.2, 0.25) is 0 Å². The summed E-state index contributed by atoms with van der Waals surface area (Å²) in [5, 5.41) is 11.1. The van der Waals surface area contributed by atoms with Gasteiger partial charge in [0.2, 0.25) is 5.62 Å². The van der Waals surface area contributed by atoms with Gasteiger partial charge in [0.1, 0.15) is 11.4 Å². The van der Waals surface area contributed by atoms with Gasteiger partial charge in [-0.2, -0.15) is 0 Å². The smallest absolute Gasteiger partial charge is 0.356 e. The zero-order chi connectivity index (χ0) is 29.0. The van der Waals surface area contributed by atoms with Crippen molar-refractivity contribution in [1.29, 1.82) is 0 Å². The largest absolute Gasteiger partial charge is 0.507 e.